The largest absolute Gasteiger partial charge is 0.431 e. The Bertz CT molecular complexity index is 261. The Hall–Kier alpha value is -0.0200. The average molecular weight is 244 g/mol. The maximum atomic E-state index is 12.1. The molecule has 0 spiro atoms. The second kappa shape index (κ2) is 4.01. The Morgan fingerprint density at radius 3 is 1.62 bits per heavy atom. The molecule has 0 aromatic rings. The highest BCUT2D eigenvalue weighted by Crippen LogP contribution is 2.40. The topological polar surface area (TPSA) is 54.4 Å². The Kier molecular flexibility index (Phi) is 4.77. The van der Waals surface area contributed by atoms with Crippen molar-refractivity contribution in [3.63, 3.8) is 0 Å². The van der Waals surface area contributed by atoms with Gasteiger partial charge in [0, 0.05) is 6.42 Å². The molecule has 9 heteroatoms. The molecule has 0 atom stereocenters. The van der Waals surface area contributed by atoms with Crippen LogP contribution in [-0.2, 0) is 10.1 Å². The first-order chi connectivity index (χ1) is 5.06. The van der Waals surface area contributed by atoms with Gasteiger partial charge in [-0.25, -0.2) is 0 Å². The lowest BCUT2D eigenvalue weighted by molar-refractivity contribution is -0.161. The molecule has 0 heterocycles. The molecule has 0 aromatic carbocycles. The summed E-state index contributed by atoms with van der Waals surface area (Å²) in [5.41, 5.74) is 0. The molecule has 0 fully saturated rings. The lowest BCUT2D eigenvalue weighted by atomic mass is 10.3. The monoisotopic (exact) mass is 244 g/mol. The molecule has 13 heavy (non-hydrogen) atoms. The van der Waals surface area contributed by atoms with Crippen molar-refractivity contribution >= 4 is 23.6 Å². The van der Waals surface area contributed by atoms with E-state index < -0.39 is 27.7 Å². The van der Waals surface area contributed by atoms with E-state index in [9.17, 15) is 26.0 Å². The summed E-state index contributed by atoms with van der Waals surface area (Å²) in [6, 6.07) is 0. The van der Waals surface area contributed by atoms with E-state index in [1.807, 2.05) is 0 Å². The summed E-state index contributed by atoms with van der Waals surface area (Å²) >= 11 is 0. The van der Waals surface area contributed by atoms with Crippen molar-refractivity contribution in [3.8, 4) is 0 Å². The van der Waals surface area contributed by atoms with Gasteiger partial charge < -0.3 is 0 Å². The van der Waals surface area contributed by atoms with Gasteiger partial charge in [-0.1, -0.05) is 6.92 Å². The highest BCUT2D eigenvalue weighted by molar-refractivity contribution is 7.87. The summed E-state index contributed by atoms with van der Waals surface area (Å²) in [4.78, 5) is 0. The van der Waals surface area contributed by atoms with Crippen molar-refractivity contribution in [1.82, 2.24) is 0 Å². The lowest BCUT2D eigenvalue weighted by Crippen LogP contribution is -2.46. The van der Waals surface area contributed by atoms with Gasteiger partial charge >= 0.3 is 21.3 Å². The number of rotatable bonds is 3. The van der Waals surface area contributed by atoms with Gasteiger partial charge in [-0.15, -0.1) is 0 Å². The van der Waals surface area contributed by atoms with Crippen LogP contribution in [0.2, 0.25) is 0 Å². The SMILES string of the molecule is CCC(F)(F)C(F)(F)S(=O)(=O)O.S. The molecular weight excluding hydrogens is 236 g/mol. The third kappa shape index (κ3) is 2.71. The Balaban J connectivity index is 0. The van der Waals surface area contributed by atoms with E-state index >= 15 is 0 Å². The van der Waals surface area contributed by atoms with E-state index in [1.165, 1.54) is 0 Å². The van der Waals surface area contributed by atoms with Crippen LogP contribution < -0.4 is 0 Å². The molecule has 0 aliphatic heterocycles. The number of alkyl halides is 4. The van der Waals surface area contributed by atoms with Crippen molar-refractivity contribution in [2.24, 2.45) is 0 Å². The highest BCUT2D eigenvalue weighted by atomic mass is 32.2. The first kappa shape index (κ1) is 15.5. The van der Waals surface area contributed by atoms with Crippen LogP contribution >= 0.6 is 13.5 Å². The van der Waals surface area contributed by atoms with Gasteiger partial charge in [0.15, 0.2) is 0 Å². The van der Waals surface area contributed by atoms with Crippen LogP contribution in [0.25, 0.3) is 0 Å². The molecule has 3 nitrogen and oxygen atoms in total. The molecule has 0 aromatic heterocycles. The van der Waals surface area contributed by atoms with Gasteiger partial charge in [0.25, 0.3) is 0 Å². The van der Waals surface area contributed by atoms with E-state index in [1.54, 1.807) is 0 Å². The van der Waals surface area contributed by atoms with Gasteiger partial charge in [0.1, 0.15) is 0 Å². The maximum absolute atomic E-state index is 12.1. The summed E-state index contributed by atoms with van der Waals surface area (Å²) in [6.07, 6.45) is -1.38. The fraction of sp³-hybridized carbons (Fsp3) is 1.00. The van der Waals surface area contributed by atoms with Crippen molar-refractivity contribution in [3.05, 3.63) is 0 Å². The van der Waals surface area contributed by atoms with E-state index in [0.29, 0.717) is 6.92 Å². The van der Waals surface area contributed by atoms with Crippen LogP contribution in [0.5, 0.6) is 0 Å². The zero-order valence-electron chi connectivity index (χ0n) is 6.39. The zero-order chi connectivity index (χ0) is 10.2. The molecule has 0 aliphatic rings. The molecule has 0 rings (SSSR count). The van der Waals surface area contributed by atoms with E-state index in [-0.39, 0.29) is 13.5 Å². The molecule has 0 amide bonds. The molecule has 0 aliphatic carbocycles. The minimum absolute atomic E-state index is 0. The van der Waals surface area contributed by atoms with Crippen LogP contribution in [0.3, 0.4) is 0 Å². The quantitative estimate of drug-likeness (QED) is 0.606. The number of halogens is 4. The Morgan fingerprint density at radius 1 is 1.23 bits per heavy atom. The van der Waals surface area contributed by atoms with Crippen LogP contribution in [0.1, 0.15) is 13.3 Å². The third-order valence-electron chi connectivity index (χ3n) is 1.19. The van der Waals surface area contributed by atoms with Crippen LogP contribution in [0.15, 0.2) is 0 Å². The second-order valence-electron chi connectivity index (χ2n) is 2.05. The summed E-state index contributed by atoms with van der Waals surface area (Å²) < 4.78 is 75.8. The summed E-state index contributed by atoms with van der Waals surface area (Å²) in [5.74, 6) is -4.75. The predicted molar refractivity (Wildman–Crippen MR) is 42.1 cm³/mol. The molecule has 82 valence electrons. The maximum Gasteiger partial charge on any atom is 0.431 e. The Morgan fingerprint density at radius 2 is 1.54 bits per heavy atom. The van der Waals surface area contributed by atoms with Crippen molar-refractivity contribution < 1.29 is 30.5 Å². The molecule has 0 radical (unpaired) electrons. The predicted octanol–water partition coefficient (Wildman–Crippen LogP) is 1.63. The molecule has 0 bridgehead atoms. The van der Waals surface area contributed by atoms with Gasteiger partial charge in [0.2, 0.25) is 0 Å². The third-order valence-corrected chi connectivity index (χ3v) is 2.14. The number of hydrogen-bond acceptors (Lipinski definition) is 2. The minimum Gasteiger partial charge on any atom is -0.281 e. The summed E-state index contributed by atoms with van der Waals surface area (Å²) in [7, 11) is -6.06. The van der Waals surface area contributed by atoms with Gasteiger partial charge in [-0.2, -0.15) is 39.5 Å². The van der Waals surface area contributed by atoms with Crippen molar-refractivity contribution in [2.45, 2.75) is 24.5 Å². The molecule has 0 saturated heterocycles. The smallest absolute Gasteiger partial charge is 0.281 e. The van der Waals surface area contributed by atoms with E-state index in [2.05, 4.69) is 0 Å². The fourth-order valence-corrected chi connectivity index (χ4v) is 0.916. The van der Waals surface area contributed by atoms with Crippen LogP contribution in [0.4, 0.5) is 17.6 Å². The molecule has 1 N–H and O–H groups in total. The van der Waals surface area contributed by atoms with E-state index in [4.69, 9.17) is 4.55 Å². The molecule has 0 unspecified atom stereocenters. The first-order valence-corrected chi connectivity index (χ1v) is 4.23. The summed E-state index contributed by atoms with van der Waals surface area (Å²) in [5, 5.41) is -5.42. The lowest BCUT2D eigenvalue weighted by Gasteiger charge is -2.21. The second-order valence-corrected chi connectivity index (χ2v) is 3.51. The fourth-order valence-electron chi connectivity index (χ4n) is 0.394. The normalized spacial score (nSPS) is 13.7. The zero-order valence-corrected chi connectivity index (χ0v) is 8.21. The highest BCUT2D eigenvalue weighted by Gasteiger charge is 2.64. The first-order valence-electron chi connectivity index (χ1n) is 2.79. The minimum atomic E-state index is -6.06. The standard InChI is InChI=1S/C4H6F4O3S.H2S/c1-2-3(5,6)4(7,8)12(9,10)11;/h2H2,1H3,(H,9,10,11);1H2. The van der Waals surface area contributed by atoms with Gasteiger partial charge in [0.05, 0.1) is 0 Å². The molecule has 0 saturated carbocycles. The summed E-state index contributed by atoms with van der Waals surface area (Å²) in [6.45, 7) is 0.680. The average Bonchev–Trinajstić information content (AvgIpc) is 1.85. The Labute approximate surface area is 79.3 Å². The van der Waals surface area contributed by atoms with Gasteiger partial charge in [-0.3, -0.25) is 4.55 Å². The van der Waals surface area contributed by atoms with Crippen LogP contribution in [0, 0.1) is 0 Å². The van der Waals surface area contributed by atoms with Crippen molar-refractivity contribution in [1.29, 1.82) is 0 Å². The van der Waals surface area contributed by atoms with E-state index in [0.717, 1.165) is 0 Å². The van der Waals surface area contributed by atoms with Crippen LogP contribution in [-0.4, -0.2) is 24.1 Å². The van der Waals surface area contributed by atoms with Crippen molar-refractivity contribution in [2.75, 3.05) is 0 Å². The number of hydrogen-bond donors (Lipinski definition) is 1. The van der Waals surface area contributed by atoms with Gasteiger partial charge in [-0.05, 0) is 0 Å². The molecular formula is C4H8F4O3S2.